The highest BCUT2D eigenvalue weighted by molar-refractivity contribution is 6.34. The molecule has 2 N–H and O–H groups in total. The average molecular weight is 558 g/mol. The van der Waals surface area contributed by atoms with E-state index < -0.39 is 23.7 Å². The molecule has 1 fully saturated rings. The Bertz CT molecular complexity index is 1230. The summed E-state index contributed by atoms with van der Waals surface area (Å²) in [5, 5.41) is 3.98. The van der Waals surface area contributed by atoms with Crippen LogP contribution in [0.4, 0.5) is 13.2 Å². The van der Waals surface area contributed by atoms with Gasteiger partial charge in [0, 0.05) is 27.7 Å². The molecule has 0 bridgehead atoms. The van der Waals surface area contributed by atoms with Gasteiger partial charge in [-0.1, -0.05) is 42.6 Å². The van der Waals surface area contributed by atoms with Gasteiger partial charge in [-0.3, -0.25) is 24.7 Å². The molecule has 0 aliphatic carbocycles. The quantitative estimate of drug-likeness (QED) is 0.482. The molecule has 37 heavy (non-hydrogen) atoms. The van der Waals surface area contributed by atoms with Crippen molar-refractivity contribution < 1.29 is 32.4 Å². The van der Waals surface area contributed by atoms with Crippen molar-refractivity contribution in [2.75, 3.05) is 13.2 Å². The van der Waals surface area contributed by atoms with Crippen LogP contribution < -0.4 is 10.8 Å². The Morgan fingerprint density at radius 1 is 1.22 bits per heavy atom. The molecule has 2 amide bonds. The molecule has 12 heteroatoms. The number of alkyl halides is 3. The van der Waals surface area contributed by atoms with Crippen molar-refractivity contribution in [1.82, 2.24) is 15.9 Å². The summed E-state index contributed by atoms with van der Waals surface area (Å²) in [7, 11) is 0. The normalized spacial score (nSPS) is 21.7. The van der Waals surface area contributed by atoms with Crippen LogP contribution in [0, 0.1) is 6.92 Å². The van der Waals surface area contributed by atoms with Crippen LogP contribution in [0.3, 0.4) is 0 Å². The minimum atomic E-state index is -4.84. The molecule has 1 saturated heterocycles. The number of hydroxylamine groups is 3. The average Bonchev–Trinajstić information content (AvgIpc) is 3.42. The zero-order valence-corrected chi connectivity index (χ0v) is 21.4. The number of halogens is 5. The van der Waals surface area contributed by atoms with Crippen molar-refractivity contribution in [3.63, 3.8) is 0 Å². The van der Waals surface area contributed by atoms with Crippen LogP contribution in [-0.4, -0.2) is 42.2 Å². The van der Waals surface area contributed by atoms with E-state index >= 15 is 0 Å². The van der Waals surface area contributed by atoms with Gasteiger partial charge in [-0.25, -0.2) is 5.06 Å². The lowest BCUT2D eigenvalue weighted by Gasteiger charge is -2.28. The monoisotopic (exact) mass is 557 g/mol. The van der Waals surface area contributed by atoms with Gasteiger partial charge in [0.15, 0.2) is 0 Å². The van der Waals surface area contributed by atoms with Crippen molar-refractivity contribution in [2.45, 2.75) is 44.5 Å². The van der Waals surface area contributed by atoms with E-state index in [0.717, 1.165) is 31.1 Å². The van der Waals surface area contributed by atoms with E-state index in [1.54, 1.807) is 13.0 Å². The zero-order chi connectivity index (χ0) is 27.0. The van der Waals surface area contributed by atoms with Gasteiger partial charge in [0.25, 0.3) is 11.8 Å². The van der Waals surface area contributed by atoms with Gasteiger partial charge in [0.2, 0.25) is 5.60 Å². The molecule has 2 aromatic rings. The highest BCUT2D eigenvalue weighted by Crippen LogP contribution is 2.48. The zero-order valence-electron chi connectivity index (χ0n) is 19.9. The van der Waals surface area contributed by atoms with Crippen LogP contribution in [0.2, 0.25) is 10.0 Å². The Balaban J connectivity index is 1.56. The second kappa shape index (κ2) is 10.5. The molecule has 0 aromatic heterocycles. The van der Waals surface area contributed by atoms with E-state index in [0.29, 0.717) is 17.7 Å². The van der Waals surface area contributed by atoms with Crippen molar-refractivity contribution in [1.29, 1.82) is 0 Å². The number of amides is 2. The summed E-state index contributed by atoms with van der Waals surface area (Å²) in [6.45, 7) is 4.11. The first-order valence-corrected chi connectivity index (χ1v) is 12.3. The van der Waals surface area contributed by atoms with E-state index in [1.807, 2.05) is 6.92 Å². The molecule has 0 saturated carbocycles. The van der Waals surface area contributed by atoms with Gasteiger partial charge < -0.3 is 5.32 Å². The van der Waals surface area contributed by atoms with Gasteiger partial charge >= 0.3 is 6.18 Å². The number of nitrogens with one attached hydrogen (secondary N) is 2. The fourth-order valence-electron chi connectivity index (χ4n) is 4.13. The fraction of sp³-hybridized carbons (Fsp3) is 0.360. The topological polar surface area (TPSA) is 79.9 Å². The lowest BCUT2D eigenvalue weighted by atomic mass is 9.91. The molecule has 0 radical (unpaired) electrons. The maximum Gasteiger partial charge on any atom is 0.428 e. The molecule has 198 valence electrons. The molecular weight excluding hydrogens is 534 g/mol. The molecule has 0 spiro atoms. The van der Waals surface area contributed by atoms with Crippen LogP contribution in [0.25, 0.3) is 5.70 Å². The summed E-state index contributed by atoms with van der Waals surface area (Å²) in [5.74, 6) is -0.815. The summed E-state index contributed by atoms with van der Waals surface area (Å²) in [6, 6.07) is 7.30. The Labute approximate surface area is 221 Å². The van der Waals surface area contributed by atoms with Gasteiger partial charge in [-0.05, 0) is 60.9 Å². The molecule has 7 nitrogen and oxygen atoms in total. The highest BCUT2D eigenvalue weighted by Gasteiger charge is 2.59. The summed E-state index contributed by atoms with van der Waals surface area (Å²) in [4.78, 5) is 35.7. The molecule has 2 aromatic carbocycles. The summed E-state index contributed by atoms with van der Waals surface area (Å²) in [6.07, 6.45) is -2.27. The lowest BCUT2D eigenvalue weighted by Crippen LogP contribution is -2.43. The Hall–Kier alpha value is -2.79. The molecule has 2 unspecified atom stereocenters. The largest absolute Gasteiger partial charge is 0.428 e. The fourth-order valence-corrected chi connectivity index (χ4v) is 4.65. The number of hydrogen-bond acceptors (Lipinski definition) is 5. The second-order valence-electron chi connectivity index (χ2n) is 8.80. The van der Waals surface area contributed by atoms with Gasteiger partial charge in [0.1, 0.15) is 12.6 Å². The number of hydrogen-bond donors (Lipinski definition) is 2. The SMILES string of the molecule is CCCCN1OCC(NC(=O)c2ccc(C3=CC(c4cc(Cl)cc(Cl)c4)(C(F)(F)F)ON3)cc2C)C1=O. The minimum Gasteiger partial charge on any atom is -0.338 e. The number of rotatable bonds is 7. The van der Waals surface area contributed by atoms with E-state index in [4.69, 9.17) is 32.9 Å². The van der Waals surface area contributed by atoms with Crippen LogP contribution in [0.15, 0.2) is 42.5 Å². The van der Waals surface area contributed by atoms with E-state index in [-0.39, 0.29) is 39.4 Å². The number of aryl methyl sites for hydroxylation is 1. The first kappa shape index (κ1) is 27.3. The molecule has 4 rings (SSSR count). The van der Waals surface area contributed by atoms with Crippen molar-refractivity contribution in [3.8, 4) is 0 Å². The predicted octanol–water partition coefficient (Wildman–Crippen LogP) is 5.31. The summed E-state index contributed by atoms with van der Waals surface area (Å²) >= 11 is 11.9. The van der Waals surface area contributed by atoms with Gasteiger partial charge in [0.05, 0.1) is 5.70 Å². The summed E-state index contributed by atoms with van der Waals surface area (Å²) in [5.41, 5.74) is 0.413. The van der Waals surface area contributed by atoms with E-state index in [1.165, 1.54) is 23.3 Å². The lowest BCUT2D eigenvalue weighted by molar-refractivity contribution is -0.269. The highest BCUT2D eigenvalue weighted by atomic mass is 35.5. The smallest absolute Gasteiger partial charge is 0.338 e. The minimum absolute atomic E-state index is 0.0300. The Kier molecular flexibility index (Phi) is 7.75. The first-order chi connectivity index (χ1) is 17.4. The molecular formula is C25H24Cl2F3N3O4. The second-order valence-corrected chi connectivity index (χ2v) is 9.67. The van der Waals surface area contributed by atoms with Gasteiger partial charge in [-0.2, -0.15) is 13.2 Å². The maximum absolute atomic E-state index is 14.2. The number of carbonyl (C=O) groups excluding carboxylic acids is 2. The number of benzene rings is 2. The van der Waals surface area contributed by atoms with Crippen molar-refractivity contribution in [2.24, 2.45) is 0 Å². The Morgan fingerprint density at radius 3 is 2.54 bits per heavy atom. The van der Waals surface area contributed by atoms with Crippen molar-refractivity contribution >= 4 is 40.7 Å². The molecule has 2 heterocycles. The third-order valence-electron chi connectivity index (χ3n) is 6.13. The molecule has 2 aliphatic heterocycles. The molecule has 2 aliphatic rings. The van der Waals surface area contributed by atoms with E-state index in [2.05, 4.69) is 10.8 Å². The van der Waals surface area contributed by atoms with Gasteiger partial charge in [-0.15, -0.1) is 0 Å². The standard InChI is InChI=1S/C25H24Cl2F3N3O4/c1-3-4-7-33-23(35)21(13-36-33)31-22(34)19-6-5-15(8-14(19)2)20-12-24(37-32-20,25(28,29)30)16-9-17(26)11-18(27)10-16/h5-6,8-12,21,32H,3-4,7,13H2,1-2H3,(H,31,34). The third-order valence-corrected chi connectivity index (χ3v) is 6.56. The van der Waals surface area contributed by atoms with E-state index in [9.17, 15) is 22.8 Å². The van der Waals surface area contributed by atoms with Crippen LogP contribution in [0.5, 0.6) is 0 Å². The maximum atomic E-state index is 14.2. The number of carbonyl (C=O) groups is 2. The Morgan fingerprint density at radius 2 is 1.92 bits per heavy atom. The molecule has 2 atom stereocenters. The van der Waals surface area contributed by atoms with Crippen LogP contribution >= 0.6 is 23.2 Å². The third kappa shape index (κ3) is 5.43. The van der Waals surface area contributed by atoms with Crippen LogP contribution in [-0.2, 0) is 20.1 Å². The summed E-state index contributed by atoms with van der Waals surface area (Å²) < 4.78 is 42.7. The number of unbranched alkanes of at least 4 members (excludes halogenated alkanes) is 1. The predicted molar refractivity (Wildman–Crippen MR) is 131 cm³/mol. The van der Waals surface area contributed by atoms with Crippen LogP contribution in [0.1, 0.15) is 46.8 Å². The number of nitrogens with zero attached hydrogens (tertiary/aromatic N) is 1. The first-order valence-electron chi connectivity index (χ1n) is 11.5. The van der Waals surface area contributed by atoms with Crippen molar-refractivity contribution in [3.05, 3.63) is 74.8 Å².